The molecule has 0 saturated heterocycles. The van der Waals surface area contributed by atoms with Crippen molar-refractivity contribution >= 4 is 11.6 Å². The summed E-state index contributed by atoms with van der Waals surface area (Å²) in [6.07, 6.45) is 2.84. The van der Waals surface area contributed by atoms with Gasteiger partial charge in [0.25, 0.3) is 5.91 Å². The fourth-order valence-electron chi connectivity index (χ4n) is 2.44. The van der Waals surface area contributed by atoms with E-state index in [9.17, 15) is 4.79 Å². The minimum Gasteiger partial charge on any atom is -0.438 e. The summed E-state index contributed by atoms with van der Waals surface area (Å²) in [6.45, 7) is 0. The van der Waals surface area contributed by atoms with Crippen LogP contribution in [-0.2, 0) is 0 Å². The third-order valence-corrected chi connectivity index (χ3v) is 3.72. The van der Waals surface area contributed by atoms with E-state index >= 15 is 0 Å². The van der Waals surface area contributed by atoms with Gasteiger partial charge in [-0.1, -0.05) is 18.2 Å². The van der Waals surface area contributed by atoms with Crippen LogP contribution in [0.1, 0.15) is 10.4 Å². The average molecular weight is 358 g/mol. The molecule has 0 aliphatic rings. The molecule has 7 heteroatoms. The Morgan fingerprint density at radius 3 is 2.52 bits per heavy atom. The van der Waals surface area contributed by atoms with Gasteiger partial charge in [-0.2, -0.15) is 0 Å². The van der Waals surface area contributed by atoms with Crippen molar-refractivity contribution in [2.24, 2.45) is 0 Å². The van der Waals surface area contributed by atoms with Gasteiger partial charge in [0.15, 0.2) is 0 Å². The van der Waals surface area contributed by atoms with E-state index < -0.39 is 0 Å². The molecule has 2 aromatic carbocycles. The number of nitrogens with zero attached hydrogens (tertiary/aromatic N) is 3. The second-order valence-electron chi connectivity index (χ2n) is 5.55. The maximum atomic E-state index is 12.7. The highest BCUT2D eigenvalue weighted by molar-refractivity contribution is 6.05. The van der Waals surface area contributed by atoms with Crippen molar-refractivity contribution < 1.29 is 13.9 Å². The van der Waals surface area contributed by atoms with Crippen LogP contribution in [0.2, 0.25) is 0 Å². The maximum absolute atomic E-state index is 12.7. The molecule has 2 heterocycles. The quantitative estimate of drug-likeness (QED) is 0.576. The fraction of sp³-hybridized carbons (Fsp3) is 0. The van der Waals surface area contributed by atoms with Gasteiger partial charge in [-0.3, -0.25) is 4.79 Å². The molecule has 0 fully saturated rings. The van der Waals surface area contributed by atoms with Crippen molar-refractivity contribution in [3.8, 4) is 23.1 Å². The number of benzene rings is 2. The Labute approximate surface area is 154 Å². The van der Waals surface area contributed by atoms with Gasteiger partial charge in [0.05, 0.1) is 0 Å². The van der Waals surface area contributed by atoms with Gasteiger partial charge in [0.2, 0.25) is 18.2 Å². The first-order valence-corrected chi connectivity index (χ1v) is 8.15. The van der Waals surface area contributed by atoms with Crippen LogP contribution in [0.3, 0.4) is 0 Å². The van der Waals surface area contributed by atoms with E-state index in [0.717, 1.165) is 5.56 Å². The molecule has 2 aromatic heterocycles. The molecule has 27 heavy (non-hydrogen) atoms. The number of para-hydroxylation sites is 1. The second kappa shape index (κ2) is 7.49. The van der Waals surface area contributed by atoms with Crippen LogP contribution >= 0.6 is 0 Å². The molecule has 1 N–H and O–H groups in total. The van der Waals surface area contributed by atoms with E-state index in [4.69, 9.17) is 9.15 Å². The first kappa shape index (κ1) is 16.5. The molecule has 7 nitrogen and oxygen atoms in total. The van der Waals surface area contributed by atoms with Gasteiger partial charge < -0.3 is 14.5 Å². The van der Waals surface area contributed by atoms with Gasteiger partial charge in [-0.15, -0.1) is 10.2 Å². The molecule has 0 saturated carbocycles. The van der Waals surface area contributed by atoms with Crippen molar-refractivity contribution in [3.63, 3.8) is 0 Å². The van der Waals surface area contributed by atoms with Gasteiger partial charge in [0, 0.05) is 17.4 Å². The third-order valence-electron chi connectivity index (χ3n) is 3.72. The minimum atomic E-state index is -0.320. The number of hydrogen-bond donors (Lipinski definition) is 1. The highest BCUT2D eigenvalue weighted by Crippen LogP contribution is 2.24. The topological polar surface area (TPSA) is 90.1 Å². The molecule has 0 atom stereocenters. The van der Waals surface area contributed by atoms with Crippen LogP contribution in [0, 0.1) is 0 Å². The predicted octanol–water partition coefficient (Wildman–Crippen LogP) is 4.18. The zero-order valence-corrected chi connectivity index (χ0v) is 14.1. The lowest BCUT2D eigenvalue weighted by Crippen LogP contribution is -2.13. The lowest BCUT2D eigenvalue weighted by molar-refractivity contribution is 0.102. The zero-order chi connectivity index (χ0) is 18.5. The van der Waals surface area contributed by atoms with E-state index in [0.29, 0.717) is 22.9 Å². The number of nitrogens with one attached hydrogen (secondary N) is 1. The number of hydrogen-bond acceptors (Lipinski definition) is 6. The average Bonchev–Trinajstić information content (AvgIpc) is 3.25. The molecule has 0 aliphatic heterocycles. The van der Waals surface area contributed by atoms with E-state index in [1.807, 2.05) is 18.2 Å². The number of ether oxygens (including phenoxy) is 1. The summed E-state index contributed by atoms with van der Waals surface area (Å²) in [4.78, 5) is 16.8. The van der Waals surface area contributed by atoms with Gasteiger partial charge in [0.1, 0.15) is 11.3 Å². The summed E-state index contributed by atoms with van der Waals surface area (Å²) in [5.74, 6) is 0.941. The molecule has 4 aromatic rings. The van der Waals surface area contributed by atoms with Gasteiger partial charge in [-0.05, 0) is 48.5 Å². The molecule has 132 valence electrons. The number of pyridine rings is 1. The minimum absolute atomic E-state index is 0.240. The molecular formula is C20H14N4O3. The summed E-state index contributed by atoms with van der Waals surface area (Å²) in [7, 11) is 0. The smallest absolute Gasteiger partial charge is 0.261 e. The Bertz CT molecular complexity index is 1030. The van der Waals surface area contributed by atoms with Gasteiger partial charge >= 0.3 is 0 Å². The highest BCUT2D eigenvalue weighted by atomic mass is 16.5. The number of anilines is 1. The van der Waals surface area contributed by atoms with E-state index in [1.54, 1.807) is 54.7 Å². The third kappa shape index (κ3) is 3.82. The Hall–Kier alpha value is -4.00. The number of rotatable bonds is 5. The van der Waals surface area contributed by atoms with Crippen LogP contribution in [0.5, 0.6) is 11.6 Å². The van der Waals surface area contributed by atoms with Crippen molar-refractivity contribution in [1.82, 2.24) is 15.2 Å². The number of carbonyl (C=O) groups excluding carboxylic acids is 1. The van der Waals surface area contributed by atoms with E-state index in [1.165, 1.54) is 6.39 Å². The summed E-state index contributed by atoms with van der Waals surface area (Å²) in [5.41, 5.74) is 1.72. The van der Waals surface area contributed by atoms with Crippen LogP contribution in [0.25, 0.3) is 11.5 Å². The maximum Gasteiger partial charge on any atom is 0.261 e. The lowest BCUT2D eigenvalue weighted by Gasteiger charge is -2.10. The summed E-state index contributed by atoms with van der Waals surface area (Å²) >= 11 is 0. The number of carbonyl (C=O) groups is 1. The Morgan fingerprint density at radius 2 is 1.78 bits per heavy atom. The van der Waals surface area contributed by atoms with Crippen molar-refractivity contribution in [3.05, 3.63) is 84.9 Å². The van der Waals surface area contributed by atoms with Crippen molar-refractivity contribution in [2.75, 3.05) is 5.32 Å². The van der Waals surface area contributed by atoms with E-state index in [-0.39, 0.29) is 11.8 Å². The summed E-state index contributed by atoms with van der Waals surface area (Å²) in [6, 6.07) is 19.6. The zero-order valence-electron chi connectivity index (χ0n) is 14.1. The Morgan fingerprint density at radius 1 is 0.963 bits per heavy atom. The SMILES string of the molecule is O=C(Nc1ccc(-c2nnco2)cc1)c1cccnc1Oc1ccccc1. The van der Waals surface area contributed by atoms with Crippen molar-refractivity contribution in [2.45, 2.75) is 0 Å². The molecule has 0 unspecified atom stereocenters. The largest absolute Gasteiger partial charge is 0.438 e. The van der Waals surface area contributed by atoms with Crippen LogP contribution in [-0.4, -0.2) is 21.1 Å². The first-order valence-electron chi connectivity index (χ1n) is 8.15. The molecule has 0 radical (unpaired) electrons. The monoisotopic (exact) mass is 358 g/mol. The first-order chi connectivity index (χ1) is 13.3. The van der Waals surface area contributed by atoms with Crippen molar-refractivity contribution in [1.29, 1.82) is 0 Å². The molecule has 0 bridgehead atoms. The Kier molecular flexibility index (Phi) is 4.57. The fourth-order valence-corrected chi connectivity index (χ4v) is 2.44. The van der Waals surface area contributed by atoms with Crippen LogP contribution in [0.15, 0.2) is 83.7 Å². The van der Waals surface area contributed by atoms with Crippen LogP contribution in [0.4, 0.5) is 5.69 Å². The number of aromatic nitrogens is 3. The Balaban J connectivity index is 1.52. The van der Waals surface area contributed by atoms with E-state index in [2.05, 4.69) is 20.5 Å². The molecule has 4 rings (SSSR count). The molecule has 0 spiro atoms. The molecule has 1 amide bonds. The molecular weight excluding hydrogens is 344 g/mol. The van der Waals surface area contributed by atoms with Gasteiger partial charge in [-0.25, -0.2) is 4.98 Å². The predicted molar refractivity (Wildman–Crippen MR) is 98.4 cm³/mol. The summed E-state index contributed by atoms with van der Waals surface area (Å²) < 4.78 is 10.9. The normalized spacial score (nSPS) is 10.4. The molecule has 0 aliphatic carbocycles. The summed E-state index contributed by atoms with van der Waals surface area (Å²) in [5, 5.41) is 10.3. The highest BCUT2D eigenvalue weighted by Gasteiger charge is 2.15. The lowest BCUT2D eigenvalue weighted by atomic mass is 10.2. The standard InChI is InChI=1S/C20H14N4O3/c25-18(23-15-10-8-14(9-11-15)19-24-22-13-26-19)17-7-4-12-21-20(17)27-16-5-2-1-3-6-16/h1-13H,(H,23,25). The second-order valence-corrected chi connectivity index (χ2v) is 5.55. The number of amides is 1. The van der Waals surface area contributed by atoms with Crippen LogP contribution < -0.4 is 10.1 Å².